The molecule has 0 unspecified atom stereocenters. The number of carbonyl (C=O) groups excluding carboxylic acids is 2. The van der Waals surface area contributed by atoms with E-state index in [-0.39, 0.29) is 22.9 Å². The Labute approximate surface area is 192 Å². The van der Waals surface area contributed by atoms with Crippen LogP contribution < -0.4 is 4.74 Å². The quantitative estimate of drug-likeness (QED) is 0.128. The molecule has 4 rings (SSSR count). The van der Waals surface area contributed by atoms with Crippen LogP contribution in [0.2, 0.25) is 0 Å². The number of nitro benzene ring substituents is 1. The molecule has 0 spiro atoms. The van der Waals surface area contributed by atoms with Crippen molar-refractivity contribution in [2.75, 3.05) is 6.54 Å². The molecule has 0 radical (unpaired) electrons. The number of non-ortho nitro benzene ring substituents is 1. The number of esters is 1. The summed E-state index contributed by atoms with van der Waals surface area (Å²) >= 11 is 6.48. The largest absolute Gasteiger partial charge is 0.422 e. The molecule has 3 aromatic rings. The standard InChI is InChI=1S/C23H16N2O5S2/c1-2-24-21(26)20(32-23(24)31)13-18-17-9-4-3-6-14(17)10-11-19(18)30-22(27)15-7-5-8-16(12-15)25(28)29/h3-13H,2H2,1H3. The second-order valence-electron chi connectivity index (χ2n) is 6.82. The second-order valence-corrected chi connectivity index (χ2v) is 8.50. The van der Waals surface area contributed by atoms with Crippen molar-refractivity contribution >= 4 is 62.7 Å². The SMILES string of the molecule is CCN1C(=O)C(=Cc2c(OC(=O)c3cccc([N+](=O)[O-])c3)ccc3ccccc23)SC1=S. The first-order valence-electron chi connectivity index (χ1n) is 9.62. The van der Waals surface area contributed by atoms with Crippen molar-refractivity contribution in [1.82, 2.24) is 4.90 Å². The van der Waals surface area contributed by atoms with Gasteiger partial charge in [-0.1, -0.05) is 60.4 Å². The number of nitrogens with zero attached hydrogens (tertiary/aromatic N) is 2. The number of thiocarbonyl (C=S) groups is 1. The zero-order valence-corrected chi connectivity index (χ0v) is 18.4. The monoisotopic (exact) mass is 464 g/mol. The Bertz CT molecular complexity index is 1320. The van der Waals surface area contributed by atoms with Crippen LogP contribution in [0, 0.1) is 10.1 Å². The third kappa shape index (κ3) is 4.12. The van der Waals surface area contributed by atoms with Crippen LogP contribution in [0.25, 0.3) is 16.8 Å². The molecule has 0 atom stereocenters. The third-order valence-corrected chi connectivity index (χ3v) is 6.27. The normalized spacial score (nSPS) is 14.9. The van der Waals surface area contributed by atoms with Crippen molar-refractivity contribution < 1.29 is 19.2 Å². The van der Waals surface area contributed by atoms with Gasteiger partial charge >= 0.3 is 5.97 Å². The fourth-order valence-corrected chi connectivity index (χ4v) is 4.69. The van der Waals surface area contributed by atoms with Gasteiger partial charge in [-0.2, -0.15) is 0 Å². The van der Waals surface area contributed by atoms with E-state index in [0.29, 0.717) is 21.3 Å². The van der Waals surface area contributed by atoms with Gasteiger partial charge in [0, 0.05) is 24.2 Å². The highest BCUT2D eigenvalue weighted by molar-refractivity contribution is 8.26. The van der Waals surface area contributed by atoms with Crippen LogP contribution >= 0.6 is 24.0 Å². The summed E-state index contributed by atoms with van der Waals surface area (Å²) < 4.78 is 6.10. The molecule has 1 aliphatic rings. The highest BCUT2D eigenvalue weighted by Gasteiger charge is 2.31. The molecule has 3 aromatic carbocycles. The Kier molecular flexibility index (Phi) is 6.02. The average molecular weight is 465 g/mol. The van der Waals surface area contributed by atoms with Crippen molar-refractivity contribution in [2.24, 2.45) is 0 Å². The van der Waals surface area contributed by atoms with E-state index in [1.165, 1.54) is 34.9 Å². The van der Waals surface area contributed by atoms with E-state index in [0.717, 1.165) is 16.8 Å². The summed E-state index contributed by atoms with van der Waals surface area (Å²) in [5.74, 6) is -0.701. The van der Waals surface area contributed by atoms with Crippen LogP contribution in [0.5, 0.6) is 5.75 Å². The number of amides is 1. The molecular weight excluding hydrogens is 448 g/mol. The van der Waals surface area contributed by atoms with Crippen molar-refractivity contribution in [1.29, 1.82) is 0 Å². The molecule has 1 amide bonds. The lowest BCUT2D eigenvalue weighted by Gasteiger charge is -2.12. The van der Waals surface area contributed by atoms with Gasteiger partial charge in [-0.15, -0.1) is 0 Å². The maximum absolute atomic E-state index is 12.8. The summed E-state index contributed by atoms with van der Waals surface area (Å²) in [6.07, 6.45) is 1.67. The number of ether oxygens (including phenoxy) is 1. The number of likely N-dealkylation sites (N-methyl/N-ethyl adjacent to an activating group) is 1. The highest BCUT2D eigenvalue weighted by atomic mass is 32.2. The van der Waals surface area contributed by atoms with Gasteiger partial charge in [0.2, 0.25) is 0 Å². The molecule has 160 valence electrons. The van der Waals surface area contributed by atoms with E-state index in [1.54, 1.807) is 18.2 Å². The number of carbonyl (C=O) groups is 2. The zero-order chi connectivity index (χ0) is 22.8. The smallest absolute Gasteiger partial charge is 0.343 e. The van der Waals surface area contributed by atoms with Crippen molar-refractivity contribution in [3.05, 3.63) is 86.8 Å². The predicted octanol–water partition coefficient (Wildman–Crippen LogP) is 5.19. The number of benzene rings is 3. The summed E-state index contributed by atoms with van der Waals surface area (Å²) in [5, 5.41) is 12.7. The molecule has 32 heavy (non-hydrogen) atoms. The minimum Gasteiger partial charge on any atom is -0.422 e. The number of nitro groups is 1. The summed E-state index contributed by atoms with van der Waals surface area (Å²) in [6.45, 7) is 2.31. The molecule has 0 aliphatic carbocycles. The molecule has 0 bridgehead atoms. The fourth-order valence-electron chi connectivity index (χ4n) is 3.32. The number of fused-ring (bicyclic) bond motifs is 1. The summed E-state index contributed by atoms with van der Waals surface area (Å²) in [4.78, 5) is 37.9. The Balaban J connectivity index is 1.78. The van der Waals surface area contributed by atoms with E-state index in [2.05, 4.69) is 0 Å². The number of hydrogen-bond donors (Lipinski definition) is 0. The second kappa shape index (κ2) is 8.89. The summed E-state index contributed by atoms with van der Waals surface area (Å²) in [6, 6.07) is 16.3. The number of rotatable bonds is 5. The lowest BCUT2D eigenvalue weighted by Crippen LogP contribution is -2.27. The topological polar surface area (TPSA) is 89.8 Å². The Morgan fingerprint density at radius 2 is 1.97 bits per heavy atom. The minimum atomic E-state index is -0.736. The van der Waals surface area contributed by atoms with Gasteiger partial charge in [0.1, 0.15) is 10.1 Å². The molecule has 1 aliphatic heterocycles. The first kappa shape index (κ1) is 21.7. The summed E-state index contributed by atoms with van der Waals surface area (Å²) in [7, 11) is 0. The van der Waals surface area contributed by atoms with E-state index in [4.69, 9.17) is 17.0 Å². The van der Waals surface area contributed by atoms with Gasteiger partial charge < -0.3 is 4.74 Å². The third-order valence-electron chi connectivity index (χ3n) is 4.89. The first-order valence-corrected chi connectivity index (χ1v) is 10.8. The average Bonchev–Trinajstić information content (AvgIpc) is 3.07. The van der Waals surface area contributed by atoms with Crippen molar-refractivity contribution in [2.45, 2.75) is 6.92 Å². The lowest BCUT2D eigenvalue weighted by molar-refractivity contribution is -0.384. The van der Waals surface area contributed by atoms with E-state index >= 15 is 0 Å². The molecule has 0 N–H and O–H groups in total. The molecule has 1 heterocycles. The van der Waals surface area contributed by atoms with Crippen LogP contribution in [0.1, 0.15) is 22.8 Å². The van der Waals surface area contributed by atoms with Crippen LogP contribution in [-0.2, 0) is 4.79 Å². The highest BCUT2D eigenvalue weighted by Crippen LogP contribution is 2.37. The van der Waals surface area contributed by atoms with Crippen LogP contribution in [-0.4, -0.2) is 32.6 Å². The van der Waals surface area contributed by atoms with Gasteiger partial charge in [0.05, 0.1) is 15.4 Å². The zero-order valence-electron chi connectivity index (χ0n) is 16.8. The van der Waals surface area contributed by atoms with E-state index in [9.17, 15) is 19.7 Å². The fraction of sp³-hybridized carbons (Fsp3) is 0.0870. The van der Waals surface area contributed by atoms with Gasteiger partial charge in [-0.05, 0) is 35.9 Å². The summed E-state index contributed by atoms with van der Waals surface area (Å²) in [5.41, 5.74) is 0.399. The molecule has 1 fully saturated rings. The van der Waals surface area contributed by atoms with Gasteiger partial charge in [-0.3, -0.25) is 19.8 Å². The molecule has 9 heteroatoms. The van der Waals surface area contributed by atoms with Crippen LogP contribution in [0.15, 0.2) is 65.6 Å². The molecule has 0 aromatic heterocycles. The lowest BCUT2D eigenvalue weighted by atomic mass is 10.0. The number of hydrogen-bond acceptors (Lipinski definition) is 7. The van der Waals surface area contributed by atoms with Gasteiger partial charge in [0.15, 0.2) is 0 Å². The predicted molar refractivity (Wildman–Crippen MR) is 128 cm³/mol. The molecule has 1 saturated heterocycles. The van der Waals surface area contributed by atoms with Crippen molar-refractivity contribution in [3.8, 4) is 5.75 Å². The van der Waals surface area contributed by atoms with Gasteiger partial charge in [-0.25, -0.2) is 4.79 Å². The molecule has 0 saturated carbocycles. The first-order chi connectivity index (χ1) is 15.4. The maximum Gasteiger partial charge on any atom is 0.343 e. The number of thioether (sulfide) groups is 1. The van der Waals surface area contributed by atoms with Crippen LogP contribution in [0.4, 0.5) is 5.69 Å². The maximum atomic E-state index is 12.8. The van der Waals surface area contributed by atoms with E-state index < -0.39 is 10.9 Å². The van der Waals surface area contributed by atoms with Crippen molar-refractivity contribution in [3.63, 3.8) is 0 Å². The Morgan fingerprint density at radius 3 is 2.69 bits per heavy atom. The van der Waals surface area contributed by atoms with E-state index in [1.807, 2.05) is 31.2 Å². The van der Waals surface area contributed by atoms with Gasteiger partial charge in [0.25, 0.3) is 11.6 Å². The van der Waals surface area contributed by atoms with Crippen LogP contribution in [0.3, 0.4) is 0 Å². The molecular formula is C23H16N2O5S2. The molecule has 7 nitrogen and oxygen atoms in total. The Morgan fingerprint density at radius 1 is 1.19 bits per heavy atom. The minimum absolute atomic E-state index is 0.0515. The Hall–Kier alpha value is -3.56.